The number of benzene rings is 24. The molecule has 0 radical (unpaired) electrons. The molecule has 126 heavy (non-hydrogen) atoms. The van der Waals surface area contributed by atoms with Crippen LogP contribution in [0.2, 0.25) is 0 Å². The minimum atomic E-state index is 1.21. The number of fused-ring (bicyclic) bond motifs is 18. The second kappa shape index (κ2) is 33.6. The summed E-state index contributed by atoms with van der Waals surface area (Å²) in [5.74, 6) is 0. The molecule has 588 valence electrons. The van der Waals surface area contributed by atoms with Gasteiger partial charge in [0.2, 0.25) is 0 Å². The van der Waals surface area contributed by atoms with Crippen molar-refractivity contribution in [3.8, 4) is 134 Å². The Hall–Kier alpha value is -16.4. The highest BCUT2D eigenvalue weighted by Gasteiger charge is 2.21. The maximum atomic E-state index is 2.41. The van der Waals surface area contributed by atoms with Crippen LogP contribution in [0.3, 0.4) is 0 Å². The van der Waals surface area contributed by atoms with Gasteiger partial charge < -0.3 is 0 Å². The maximum Gasteiger partial charge on any atom is -0.00199 e. The Morgan fingerprint density at radius 1 is 0.0714 bits per heavy atom. The van der Waals surface area contributed by atoms with E-state index < -0.39 is 0 Å². The van der Waals surface area contributed by atoms with Gasteiger partial charge in [0.05, 0.1) is 0 Å². The van der Waals surface area contributed by atoms with Crippen molar-refractivity contribution in [2.24, 2.45) is 0 Å². The van der Waals surface area contributed by atoms with E-state index in [4.69, 9.17) is 0 Å². The van der Waals surface area contributed by atoms with Gasteiger partial charge in [-0.3, -0.25) is 0 Å². The van der Waals surface area contributed by atoms with Gasteiger partial charge in [-0.1, -0.05) is 443 Å². The zero-order valence-electron chi connectivity index (χ0n) is 69.5. The van der Waals surface area contributed by atoms with Gasteiger partial charge in [-0.05, 0) is 297 Å². The number of hydrogen-bond donors (Lipinski definition) is 0. The first-order valence-corrected chi connectivity index (χ1v) is 43.6. The lowest BCUT2D eigenvalue weighted by Crippen LogP contribution is -1.91. The Morgan fingerprint density at radius 2 is 0.214 bits per heavy atom. The summed E-state index contributed by atoms with van der Waals surface area (Å²) < 4.78 is 0. The van der Waals surface area contributed by atoms with Gasteiger partial charge in [-0.2, -0.15) is 0 Å². The molecule has 0 unspecified atom stereocenters. The van der Waals surface area contributed by atoms with E-state index in [-0.39, 0.29) is 0 Å². The van der Waals surface area contributed by atoms with Gasteiger partial charge in [0, 0.05) is 0 Å². The molecular weight excluding hydrogens is 1510 g/mol. The van der Waals surface area contributed by atoms with E-state index in [1.165, 1.54) is 230 Å². The van der Waals surface area contributed by atoms with Crippen LogP contribution in [0.5, 0.6) is 0 Å². The third-order valence-electron chi connectivity index (χ3n) is 25.3. The second-order valence-electron chi connectivity index (χ2n) is 32.8. The lowest BCUT2D eigenvalue weighted by Gasteiger charge is -2.18. The molecule has 0 N–H and O–H groups in total. The second-order valence-corrected chi connectivity index (χ2v) is 32.8. The van der Waals surface area contributed by atoms with Crippen LogP contribution in [0.1, 0.15) is 0 Å². The topological polar surface area (TPSA) is 0 Å². The summed E-state index contributed by atoms with van der Waals surface area (Å²) in [4.78, 5) is 0. The predicted octanol–water partition coefficient (Wildman–Crippen LogP) is 35.4. The molecule has 24 aromatic carbocycles. The molecule has 0 aliphatic heterocycles. The van der Waals surface area contributed by atoms with Crippen LogP contribution in [0.4, 0.5) is 0 Å². The summed E-state index contributed by atoms with van der Waals surface area (Å²) in [5.41, 5.74) is 29.5. The molecule has 0 bridgehead atoms. The Morgan fingerprint density at radius 3 is 0.492 bits per heavy atom. The average molecular weight is 1600 g/mol. The van der Waals surface area contributed by atoms with Crippen molar-refractivity contribution in [1.82, 2.24) is 0 Å². The van der Waals surface area contributed by atoms with Crippen molar-refractivity contribution in [3.63, 3.8) is 0 Å². The summed E-state index contributed by atoms with van der Waals surface area (Å²) in [5, 5.41) is 23.3. The fourth-order valence-corrected chi connectivity index (χ4v) is 19.3. The van der Waals surface area contributed by atoms with Gasteiger partial charge in [0.25, 0.3) is 0 Å². The Balaban J connectivity index is 0.000000112. The largest absolute Gasteiger partial charge is 0.0622 e. The van der Waals surface area contributed by atoms with Crippen LogP contribution in [-0.2, 0) is 0 Å². The van der Waals surface area contributed by atoms with E-state index >= 15 is 0 Å². The summed E-state index contributed by atoms with van der Waals surface area (Å²) in [6.45, 7) is 0. The van der Waals surface area contributed by atoms with E-state index in [1.807, 2.05) is 0 Å². The molecule has 0 nitrogen and oxygen atoms in total. The molecule has 24 aromatic rings. The van der Waals surface area contributed by atoms with Crippen LogP contribution in [-0.4, -0.2) is 0 Å². The minimum Gasteiger partial charge on any atom is -0.0622 e. The SMILES string of the molecule is c1ccc(-c2cc(-c3ccccc3)cc(-c3cc(-c4ccccc4)c4c5ccccc5c5ccccc5c4c3)c2)cc1.c1ccc(-c2ccc(-c3ccc(-c4cc(-c5ccccc5)c5c6ccccc6c6ccccc6c5c4)cc3)cc2)cc1.c1ccc(-c2cccc(-c3cccc(-c4cc(-c5ccccc5)c5c6ccccc6c6ccccc6c5c4)c3)c2)cc1. The van der Waals surface area contributed by atoms with Gasteiger partial charge in [-0.15, -0.1) is 0 Å². The van der Waals surface area contributed by atoms with Gasteiger partial charge in [-0.25, -0.2) is 0 Å². The van der Waals surface area contributed by atoms with Gasteiger partial charge in [0.1, 0.15) is 0 Å². The summed E-state index contributed by atoms with van der Waals surface area (Å²) in [6, 6.07) is 185. The zero-order chi connectivity index (χ0) is 83.6. The molecule has 0 aromatic heterocycles. The fourth-order valence-electron chi connectivity index (χ4n) is 19.3. The normalized spacial score (nSPS) is 11.3. The maximum absolute atomic E-state index is 2.41. The number of rotatable bonds is 12. The molecule has 0 aliphatic rings. The molecular formula is C126H84. The van der Waals surface area contributed by atoms with Crippen LogP contribution in [0.15, 0.2) is 510 Å². The standard InChI is InChI=1S/3C42H28/c1-4-14-29(15-5-1)32-24-33(30-16-6-2-7-17-30)26-34(25-32)35-27-40(31-18-8-3-9-19-31)42-39-23-13-12-21-37(39)36-20-10-11-22-38(36)41(42)28-35;1-3-13-29(14-4-1)31-17-11-18-32(25-31)33-19-12-20-34(26-33)35-27-40(30-15-5-2-6-16-30)42-39-24-10-9-22-37(39)36-21-7-8-23-38(36)41(42)28-35;1-3-11-29(12-4-1)30-19-21-31(22-20-30)32-23-25-33(26-24-32)35-27-40(34-13-5-2-6-14-34)42-39-18-10-9-16-37(39)36-15-7-8-17-38(36)41(42)28-35/h3*1-28H. The van der Waals surface area contributed by atoms with E-state index in [2.05, 4.69) is 510 Å². The van der Waals surface area contributed by atoms with E-state index in [0.717, 1.165) is 0 Å². The first-order valence-electron chi connectivity index (χ1n) is 43.6. The van der Waals surface area contributed by atoms with Crippen molar-refractivity contribution in [1.29, 1.82) is 0 Å². The van der Waals surface area contributed by atoms with Crippen LogP contribution in [0.25, 0.3) is 230 Å². The quantitative estimate of drug-likeness (QED) is 0.107. The summed E-state index contributed by atoms with van der Waals surface area (Å²) in [6.07, 6.45) is 0. The van der Waals surface area contributed by atoms with Crippen molar-refractivity contribution in [2.75, 3.05) is 0 Å². The Kier molecular flexibility index (Phi) is 20.2. The van der Waals surface area contributed by atoms with Crippen LogP contribution in [0, 0.1) is 0 Å². The van der Waals surface area contributed by atoms with Crippen LogP contribution >= 0.6 is 0 Å². The highest BCUT2D eigenvalue weighted by atomic mass is 14.2. The molecule has 0 atom stereocenters. The Bertz CT molecular complexity index is 8110. The predicted molar refractivity (Wildman–Crippen MR) is 542 cm³/mol. The highest BCUT2D eigenvalue weighted by molar-refractivity contribution is 6.32. The third kappa shape index (κ3) is 14.6. The average Bonchev–Trinajstić information content (AvgIpc) is 0.738. The Labute approximate surface area is 734 Å². The monoisotopic (exact) mass is 1600 g/mol. The molecule has 0 heterocycles. The van der Waals surface area contributed by atoms with Crippen molar-refractivity contribution < 1.29 is 0 Å². The molecule has 0 fully saturated rings. The molecule has 0 spiro atoms. The first kappa shape index (κ1) is 75.8. The van der Waals surface area contributed by atoms with Crippen molar-refractivity contribution in [3.05, 3.63) is 510 Å². The van der Waals surface area contributed by atoms with E-state index in [9.17, 15) is 0 Å². The molecule has 0 heteroatoms. The molecule has 0 amide bonds. The number of hydrogen-bond acceptors (Lipinski definition) is 0. The van der Waals surface area contributed by atoms with E-state index in [1.54, 1.807) is 0 Å². The highest BCUT2D eigenvalue weighted by Crippen LogP contribution is 2.49. The molecule has 0 saturated carbocycles. The zero-order valence-corrected chi connectivity index (χ0v) is 69.5. The molecule has 24 rings (SSSR count). The van der Waals surface area contributed by atoms with Gasteiger partial charge in [0.15, 0.2) is 0 Å². The van der Waals surface area contributed by atoms with Crippen molar-refractivity contribution >= 4 is 97.0 Å². The summed E-state index contributed by atoms with van der Waals surface area (Å²) in [7, 11) is 0. The molecule has 0 aliphatic carbocycles. The third-order valence-corrected chi connectivity index (χ3v) is 25.3. The minimum absolute atomic E-state index is 1.21. The lowest BCUT2D eigenvalue weighted by molar-refractivity contribution is 1.57. The van der Waals surface area contributed by atoms with Crippen molar-refractivity contribution in [2.45, 2.75) is 0 Å². The molecule has 0 saturated heterocycles. The smallest absolute Gasteiger partial charge is 0.00199 e. The first-order chi connectivity index (χ1) is 62.5. The van der Waals surface area contributed by atoms with Gasteiger partial charge >= 0.3 is 0 Å². The van der Waals surface area contributed by atoms with Crippen LogP contribution < -0.4 is 0 Å². The lowest BCUT2D eigenvalue weighted by atomic mass is 9.86. The van der Waals surface area contributed by atoms with E-state index in [0.29, 0.717) is 0 Å². The summed E-state index contributed by atoms with van der Waals surface area (Å²) >= 11 is 0. The fraction of sp³-hybridized carbons (Fsp3) is 0.